The molecule has 100 valence electrons. The number of methoxy groups -OCH3 is 1. The summed E-state index contributed by atoms with van der Waals surface area (Å²) in [6.45, 7) is 2.00. The Morgan fingerprint density at radius 1 is 1.05 bits per heavy atom. The van der Waals surface area contributed by atoms with Crippen molar-refractivity contribution in [3.63, 3.8) is 0 Å². The molecule has 0 spiro atoms. The first-order valence-corrected chi connectivity index (χ1v) is 6.27. The van der Waals surface area contributed by atoms with Crippen LogP contribution in [0.15, 0.2) is 48.5 Å². The van der Waals surface area contributed by atoms with E-state index < -0.39 is 0 Å². The summed E-state index contributed by atoms with van der Waals surface area (Å²) in [6.07, 6.45) is 0.733. The van der Waals surface area contributed by atoms with Gasteiger partial charge in [-0.25, -0.2) is 0 Å². The van der Waals surface area contributed by atoms with Crippen LogP contribution in [0.25, 0.3) is 0 Å². The van der Waals surface area contributed by atoms with Crippen molar-refractivity contribution in [3.05, 3.63) is 59.7 Å². The number of hydrogen-bond donors (Lipinski definition) is 1. The Morgan fingerprint density at radius 2 is 1.68 bits per heavy atom. The summed E-state index contributed by atoms with van der Waals surface area (Å²) >= 11 is 0. The Morgan fingerprint density at radius 3 is 2.21 bits per heavy atom. The van der Waals surface area contributed by atoms with Gasteiger partial charge in [0.25, 0.3) is 0 Å². The fraction of sp³-hybridized carbons (Fsp3) is 0.250. The van der Waals surface area contributed by atoms with E-state index in [1.807, 2.05) is 42.5 Å². The van der Waals surface area contributed by atoms with Crippen molar-refractivity contribution >= 4 is 0 Å². The van der Waals surface area contributed by atoms with E-state index in [9.17, 15) is 5.11 Å². The number of hydrogen-bond acceptors (Lipinski definition) is 3. The van der Waals surface area contributed by atoms with Crippen LogP contribution in [-0.2, 0) is 11.2 Å². The zero-order chi connectivity index (χ0) is 13.5. The van der Waals surface area contributed by atoms with Crippen molar-refractivity contribution in [1.29, 1.82) is 0 Å². The number of para-hydroxylation sites is 1. The molecule has 1 aliphatic rings. The van der Waals surface area contributed by atoms with Gasteiger partial charge in [0.2, 0.25) is 0 Å². The normalized spacial score (nSPS) is 12.3. The Kier molecular flexibility index (Phi) is 4.81. The molecule has 0 aliphatic carbocycles. The molecule has 1 aliphatic heterocycles. The molecule has 3 nitrogen and oxygen atoms in total. The molecule has 0 saturated carbocycles. The van der Waals surface area contributed by atoms with Crippen LogP contribution in [-0.4, -0.2) is 25.4 Å². The van der Waals surface area contributed by atoms with Crippen molar-refractivity contribution in [2.75, 3.05) is 20.3 Å². The highest BCUT2D eigenvalue weighted by Crippen LogP contribution is 2.20. The second-order valence-corrected chi connectivity index (χ2v) is 4.27. The average molecular weight is 258 g/mol. The van der Waals surface area contributed by atoms with Crippen LogP contribution >= 0.6 is 0 Å². The van der Waals surface area contributed by atoms with Gasteiger partial charge in [-0.05, 0) is 29.3 Å². The Labute approximate surface area is 113 Å². The first kappa shape index (κ1) is 13.4. The van der Waals surface area contributed by atoms with E-state index >= 15 is 0 Å². The summed E-state index contributed by atoms with van der Waals surface area (Å²) in [6, 6.07) is 15.3. The minimum Gasteiger partial charge on any atom is -0.508 e. The highest BCUT2D eigenvalue weighted by molar-refractivity contribution is 5.37. The number of rotatable bonds is 3. The monoisotopic (exact) mass is 258 g/mol. The molecule has 2 aromatic rings. The highest BCUT2D eigenvalue weighted by Gasteiger charge is 2.01. The van der Waals surface area contributed by atoms with E-state index in [1.54, 1.807) is 13.2 Å². The maximum Gasteiger partial charge on any atom is 0.119 e. The lowest BCUT2D eigenvalue weighted by Gasteiger charge is -2.05. The lowest BCUT2D eigenvalue weighted by Crippen LogP contribution is -1.89. The van der Waals surface area contributed by atoms with Crippen LogP contribution in [0.3, 0.4) is 0 Å². The van der Waals surface area contributed by atoms with Crippen LogP contribution in [0.5, 0.6) is 11.5 Å². The topological polar surface area (TPSA) is 42.0 Å². The molecular weight excluding hydrogens is 240 g/mol. The maximum atomic E-state index is 9.65. The van der Waals surface area contributed by atoms with Gasteiger partial charge in [-0.1, -0.05) is 30.3 Å². The summed E-state index contributed by atoms with van der Waals surface area (Å²) in [4.78, 5) is 0. The molecule has 1 fully saturated rings. The predicted octanol–water partition coefficient (Wildman–Crippen LogP) is 3.01. The second kappa shape index (κ2) is 6.81. The molecule has 1 heterocycles. The standard InChI is InChI=1S/C14H14O2.C2H4O/c1-16-13-8-6-11(7-9-13)10-12-4-2-3-5-14(12)15;1-2-3-1/h2-9,15H,10H2,1H3;1-2H2. The molecular formula is C16H18O3. The second-order valence-electron chi connectivity index (χ2n) is 4.27. The molecule has 19 heavy (non-hydrogen) atoms. The van der Waals surface area contributed by atoms with Crippen molar-refractivity contribution < 1.29 is 14.6 Å². The number of ether oxygens (including phenoxy) is 2. The van der Waals surface area contributed by atoms with Gasteiger partial charge in [-0.3, -0.25) is 0 Å². The third kappa shape index (κ3) is 4.64. The third-order valence-corrected chi connectivity index (χ3v) is 2.75. The number of benzene rings is 2. The molecule has 1 saturated heterocycles. The lowest BCUT2D eigenvalue weighted by molar-refractivity contribution is 0.414. The van der Waals surface area contributed by atoms with Gasteiger partial charge in [0.15, 0.2) is 0 Å². The predicted molar refractivity (Wildman–Crippen MR) is 74.7 cm³/mol. The quantitative estimate of drug-likeness (QED) is 0.860. The number of aromatic hydroxyl groups is 1. The molecule has 3 heteroatoms. The summed E-state index contributed by atoms with van der Waals surface area (Å²) in [5, 5.41) is 9.65. The number of phenols is 1. The van der Waals surface area contributed by atoms with Gasteiger partial charge in [0, 0.05) is 6.42 Å². The minimum atomic E-state index is 0.346. The summed E-state index contributed by atoms with van der Waals surface area (Å²) in [7, 11) is 1.65. The van der Waals surface area contributed by atoms with Crippen LogP contribution in [0, 0.1) is 0 Å². The van der Waals surface area contributed by atoms with Gasteiger partial charge in [0.05, 0.1) is 20.3 Å². The first-order valence-electron chi connectivity index (χ1n) is 6.27. The maximum absolute atomic E-state index is 9.65. The van der Waals surface area contributed by atoms with Crippen LogP contribution < -0.4 is 4.74 Å². The highest BCUT2D eigenvalue weighted by atomic mass is 16.6. The van der Waals surface area contributed by atoms with Crippen molar-refractivity contribution in [2.24, 2.45) is 0 Å². The fourth-order valence-corrected chi connectivity index (χ4v) is 1.62. The molecule has 0 unspecified atom stereocenters. The first-order chi connectivity index (χ1) is 9.29. The van der Waals surface area contributed by atoms with Crippen molar-refractivity contribution in [3.8, 4) is 11.5 Å². The molecule has 1 N–H and O–H groups in total. The summed E-state index contributed by atoms with van der Waals surface area (Å²) < 4.78 is 9.59. The molecule has 0 bridgehead atoms. The zero-order valence-electron chi connectivity index (χ0n) is 11.0. The van der Waals surface area contributed by atoms with Gasteiger partial charge >= 0.3 is 0 Å². The van der Waals surface area contributed by atoms with Crippen LogP contribution in [0.2, 0.25) is 0 Å². The molecule has 3 rings (SSSR count). The minimum absolute atomic E-state index is 0.346. The third-order valence-electron chi connectivity index (χ3n) is 2.75. The zero-order valence-corrected chi connectivity index (χ0v) is 11.0. The van der Waals surface area contributed by atoms with E-state index in [4.69, 9.17) is 4.74 Å². The molecule has 0 aromatic heterocycles. The number of phenolic OH excluding ortho intramolecular Hbond substituents is 1. The Bertz CT molecular complexity index is 501. The largest absolute Gasteiger partial charge is 0.508 e. The summed E-state index contributed by atoms with van der Waals surface area (Å²) in [5.41, 5.74) is 2.09. The van der Waals surface area contributed by atoms with Gasteiger partial charge in [0.1, 0.15) is 11.5 Å². The van der Waals surface area contributed by atoms with E-state index in [-0.39, 0.29) is 0 Å². The van der Waals surface area contributed by atoms with E-state index in [0.717, 1.165) is 36.5 Å². The summed E-state index contributed by atoms with van der Waals surface area (Å²) in [5.74, 6) is 1.19. The Hall–Kier alpha value is -2.00. The molecule has 0 radical (unpaired) electrons. The van der Waals surface area contributed by atoms with Crippen LogP contribution in [0.1, 0.15) is 11.1 Å². The number of epoxide rings is 1. The molecule has 0 amide bonds. The van der Waals surface area contributed by atoms with Crippen molar-refractivity contribution in [1.82, 2.24) is 0 Å². The van der Waals surface area contributed by atoms with Gasteiger partial charge in [-0.2, -0.15) is 0 Å². The van der Waals surface area contributed by atoms with E-state index in [2.05, 4.69) is 4.74 Å². The lowest BCUT2D eigenvalue weighted by atomic mass is 10.0. The van der Waals surface area contributed by atoms with Crippen molar-refractivity contribution in [2.45, 2.75) is 6.42 Å². The smallest absolute Gasteiger partial charge is 0.119 e. The molecule has 2 aromatic carbocycles. The van der Waals surface area contributed by atoms with Gasteiger partial charge in [-0.15, -0.1) is 0 Å². The van der Waals surface area contributed by atoms with Gasteiger partial charge < -0.3 is 14.6 Å². The van der Waals surface area contributed by atoms with E-state index in [0.29, 0.717) is 5.75 Å². The average Bonchev–Trinajstić information content (AvgIpc) is 3.31. The van der Waals surface area contributed by atoms with E-state index in [1.165, 1.54) is 0 Å². The Balaban J connectivity index is 0.000000390. The molecule has 0 atom stereocenters. The SMILES string of the molecule is C1CO1.COc1ccc(Cc2ccccc2O)cc1. The van der Waals surface area contributed by atoms with Crippen LogP contribution in [0.4, 0.5) is 0 Å². The fourth-order valence-electron chi connectivity index (χ4n) is 1.62.